The Balaban J connectivity index is 2.01. The second kappa shape index (κ2) is 7.62. The highest BCUT2D eigenvalue weighted by Crippen LogP contribution is 2.18. The van der Waals surface area contributed by atoms with Crippen LogP contribution in [0.1, 0.15) is 13.3 Å². The number of nitrogens with one attached hydrogen (secondary N) is 1. The molecule has 2 rings (SSSR count). The van der Waals surface area contributed by atoms with E-state index in [0.717, 1.165) is 18.7 Å². The van der Waals surface area contributed by atoms with Gasteiger partial charge in [0, 0.05) is 5.75 Å². The third-order valence-corrected chi connectivity index (χ3v) is 3.63. The minimum Gasteiger partial charge on any atom is -0.301 e. The van der Waals surface area contributed by atoms with E-state index in [4.69, 9.17) is 5.26 Å². The Bertz CT molecular complexity index is 562. The van der Waals surface area contributed by atoms with Gasteiger partial charge in [0.2, 0.25) is 5.16 Å². The first-order valence-corrected chi connectivity index (χ1v) is 7.43. The fraction of sp³-hybridized carbons (Fsp3) is 0.385. The Morgan fingerprint density at radius 3 is 2.90 bits per heavy atom. The van der Waals surface area contributed by atoms with Gasteiger partial charge in [-0.1, -0.05) is 36.9 Å². The van der Waals surface area contributed by atoms with Crippen molar-refractivity contribution in [3.05, 3.63) is 30.3 Å². The average Bonchev–Trinajstić information content (AvgIpc) is 2.97. The van der Waals surface area contributed by atoms with Crippen molar-refractivity contribution in [1.82, 2.24) is 25.5 Å². The number of thioether (sulfide) groups is 1. The lowest BCUT2D eigenvalue weighted by Crippen LogP contribution is -2.30. The van der Waals surface area contributed by atoms with Crippen molar-refractivity contribution >= 4 is 11.8 Å². The van der Waals surface area contributed by atoms with Gasteiger partial charge < -0.3 is 5.32 Å². The van der Waals surface area contributed by atoms with E-state index in [1.165, 1.54) is 11.8 Å². The molecular formula is C13H16N6S. The van der Waals surface area contributed by atoms with Gasteiger partial charge in [0.15, 0.2) is 0 Å². The summed E-state index contributed by atoms with van der Waals surface area (Å²) in [6.07, 6.45) is 1.00. The molecule has 1 unspecified atom stereocenters. The summed E-state index contributed by atoms with van der Waals surface area (Å²) < 4.78 is 1.68. The summed E-state index contributed by atoms with van der Waals surface area (Å²) in [5, 5.41) is 24.6. The van der Waals surface area contributed by atoms with Crippen molar-refractivity contribution in [2.45, 2.75) is 24.5 Å². The van der Waals surface area contributed by atoms with E-state index >= 15 is 0 Å². The van der Waals surface area contributed by atoms with Crippen LogP contribution >= 0.6 is 11.8 Å². The largest absolute Gasteiger partial charge is 0.301 e. The van der Waals surface area contributed by atoms with Gasteiger partial charge in [0.1, 0.15) is 6.04 Å². The predicted octanol–water partition coefficient (Wildman–Crippen LogP) is 1.65. The molecule has 0 saturated heterocycles. The quantitative estimate of drug-likeness (QED) is 0.780. The van der Waals surface area contributed by atoms with Gasteiger partial charge in [-0.15, -0.1) is 5.10 Å². The highest BCUT2D eigenvalue weighted by molar-refractivity contribution is 7.99. The van der Waals surface area contributed by atoms with E-state index in [1.807, 2.05) is 30.3 Å². The van der Waals surface area contributed by atoms with Crippen molar-refractivity contribution in [3.8, 4) is 11.8 Å². The number of nitriles is 1. The van der Waals surface area contributed by atoms with Crippen molar-refractivity contribution in [2.75, 3.05) is 12.3 Å². The average molecular weight is 288 g/mol. The summed E-state index contributed by atoms with van der Waals surface area (Å²) in [6, 6.07) is 11.8. The Labute approximate surface area is 122 Å². The third kappa shape index (κ3) is 3.79. The summed E-state index contributed by atoms with van der Waals surface area (Å²) in [7, 11) is 0. The maximum atomic E-state index is 9.08. The van der Waals surface area contributed by atoms with E-state index in [9.17, 15) is 0 Å². The number of hydrogen-bond donors (Lipinski definition) is 1. The first-order valence-electron chi connectivity index (χ1n) is 6.44. The lowest BCUT2D eigenvalue weighted by molar-refractivity contribution is 0.636. The number of nitrogens with zero attached hydrogens (tertiary/aromatic N) is 5. The molecule has 0 saturated carbocycles. The van der Waals surface area contributed by atoms with Crippen LogP contribution in [0.25, 0.3) is 5.69 Å². The summed E-state index contributed by atoms with van der Waals surface area (Å²) in [5.41, 5.74) is 0.912. The maximum Gasteiger partial charge on any atom is 0.214 e. The molecule has 0 radical (unpaired) electrons. The molecule has 2 aromatic rings. The van der Waals surface area contributed by atoms with Gasteiger partial charge in [-0.25, -0.2) is 0 Å². The van der Waals surface area contributed by atoms with E-state index in [2.05, 4.69) is 33.8 Å². The molecule has 0 aliphatic heterocycles. The smallest absolute Gasteiger partial charge is 0.214 e. The van der Waals surface area contributed by atoms with Crippen molar-refractivity contribution in [2.24, 2.45) is 0 Å². The van der Waals surface area contributed by atoms with Crippen LogP contribution in [0.3, 0.4) is 0 Å². The molecule has 6 nitrogen and oxygen atoms in total. The van der Waals surface area contributed by atoms with Crippen molar-refractivity contribution in [3.63, 3.8) is 0 Å². The molecule has 1 N–H and O–H groups in total. The number of aromatic nitrogens is 4. The molecule has 1 atom stereocenters. The van der Waals surface area contributed by atoms with Crippen molar-refractivity contribution < 1.29 is 0 Å². The lowest BCUT2D eigenvalue weighted by atomic mass is 10.3. The molecule has 0 aliphatic rings. The molecule has 0 spiro atoms. The Hall–Kier alpha value is -1.91. The zero-order chi connectivity index (χ0) is 14.2. The van der Waals surface area contributed by atoms with E-state index in [0.29, 0.717) is 10.9 Å². The van der Waals surface area contributed by atoms with Crippen LogP contribution in [-0.2, 0) is 0 Å². The lowest BCUT2D eigenvalue weighted by Gasteiger charge is -2.09. The summed E-state index contributed by atoms with van der Waals surface area (Å²) in [5.74, 6) is 0.615. The first kappa shape index (κ1) is 14.5. The van der Waals surface area contributed by atoms with Crippen LogP contribution in [0.5, 0.6) is 0 Å². The molecule has 0 aliphatic carbocycles. The Morgan fingerprint density at radius 2 is 2.20 bits per heavy atom. The third-order valence-electron chi connectivity index (χ3n) is 2.62. The second-order valence-electron chi connectivity index (χ2n) is 4.16. The van der Waals surface area contributed by atoms with E-state index in [1.54, 1.807) is 4.68 Å². The number of benzene rings is 1. The highest BCUT2D eigenvalue weighted by atomic mass is 32.2. The standard InChI is InChI=1S/C13H16N6S/c1-2-8-15-11(9-14)10-20-13-16-17-18-19(13)12-6-4-3-5-7-12/h3-7,11,15H,2,8,10H2,1H3. The van der Waals surface area contributed by atoms with E-state index in [-0.39, 0.29) is 6.04 Å². The van der Waals surface area contributed by atoms with Gasteiger partial charge in [-0.2, -0.15) is 9.94 Å². The predicted molar refractivity (Wildman–Crippen MR) is 77.6 cm³/mol. The van der Waals surface area contributed by atoms with Crippen LogP contribution < -0.4 is 5.32 Å². The van der Waals surface area contributed by atoms with Gasteiger partial charge in [-0.3, -0.25) is 0 Å². The van der Waals surface area contributed by atoms with Crippen LogP contribution in [-0.4, -0.2) is 38.5 Å². The zero-order valence-electron chi connectivity index (χ0n) is 11.2. The fourth-order valence-electron chi connectivity index (χ4n) is 1.62. The zero-order valence-corrected chi connectivity index (χ0v) is 12.0. The minimum absolute atomic E-state index is 0.194. The molecule has 0 amide bonds. The molecule has 104 valence electrons. The molecule has 20 heavy (non-hydrogen) atoms. The van der Waals surface area contributed by atoms with Crippen LogP contribution in [0.4, 0.5) is 0 Å². The summed E-state index contributed by atoms with van der Waals surface area (Å²) in [4.78, 5) is 0. The molecule has 1 heterocycles. The first-order chi connectivity index (χ1) is 9.85. The highest BCUT2D eigenvalue weighted by Gasteiger charge is 2.12. The van der Waals surface area contributed by atoms with Gasteiger partial charge in [0.25, 0.3) is 0 Å². The van der Waals surface area contributed by atoms with Crippen molar-refractivity contribution in [1.29, 1.82) is 5.26 Å². The molecule has 7 heteroatoms. The van der Waals surface area contributed by atoms with Gasteiger partial charge >= 0.3 is 0 Å². The fourth-order valence-corrected chi connectivity index (χ4v) is 2.49. The molecule has 0 bridgehead atoms. The number of hydrogen-bond acceptors (Lipinski definition) is 6. The second-order valence-corrected chi connectivity index (χ2v) is 5.14. The monoisotopic (exact) mass is 288 g/mol. The molecule has 0 fully saturated rings. The topological polar surface area (TPSA) is 79.4 Å². The van der Waals surface area contributed by atoms with Crippen LogP contribution in [0.15, 0.2) is 35.5 Å². The normalized spacial score (nSPS) is 12.0. The summed E-state index contributed by atoms with van der Waals surface area (Å²) >= 11 is 1.47. The minimum atomic E-state index is -0.194. The van der Waals surface area contributed by atoms with Crippen LogP contribution in [0.2, 0.25) is 0 Å². The SMILES string of the molecule is CCCNC(C#N)CSc1nnnn1-c1ccccc1. The maximum absolute atomic E-state index is 9.08. The van der Waals surface area contributed by atoms with Gasteiger partial charge in [0.05, 0.1) is 11.8 Å². The number of rotatable bonds is 7. The van der Waals surface area contributed by atoms with Crippen LogP contribution in [0, 0.1) is 11.3 Å². The van der Waals surface area contributed by atoms with Gasteiger partial charge in [-0.05, 0) is 35.5 Å². The molecule has 1 aromatic heterocycles. The number of tetrazole rings is 1. The summed E-state index contributed by atoms with van der Waals surface area (Å²) in [6.45, 7) is 2.91. The Kier molecular flexibility index (Phi) is 5.53. The van der Waals surface area contributed by atoms with E-state index < -0.39 is 0 Å². The number of para-hydroxylation sites is 1. The molecular weight excluding hydrogens is 272 g/mol. The molecule has 1 aromatic carbocycles. The Morgan fingerprint density at radius 1 is 1.40 bits per heavy atom.